The summed E-state index contributed by atoms with van der Waals surface area (Å²) in [6.45, 7) is 15.7. The van der Waals surface area contributed by atoms with Crippen LogP contribution in [0.1, 0.15) is 55.4 Å². The Morgan fingerprint density at radius 2 is 1.41 bits per heavy atom. The van der Waals surface area contributed by atoms with Crippen molar-refractivity contribution in [2.75, 3.05) is 13.1 Å². The monoisotopic (exact) mass is 316 g/mol. The maximum Gasteiger partial charge on any atom is 0.407 e. The molecule has 0 unspecified atom stereocenters. The molecule has 6 heteroatoms. The quantitative estimate of drug-likeness (QED) is 0.581. The average molecular weight is 316 g/mol. The molecule has 22 heavy (non-hydrogen) atoms. The highest BCUT2D eigenvalue weighted by atomic mass is 16.6. The third-order valence-electron chi connectivity index (χ3n) is 2.48. The van der Waals surface area contributed by atoms with E-state index in [0.29, 0.717) is 13.1 Å². The van der Waals surface area contributed by atoms with Gasteiger partial charge in [-0.15, -0.1) is 0 Å². The molecule has 0 aliphatic carbocycles. The van der Waals surface area contributed by atoms with E-state index < -0.39 is 23.3 Å². The average Bonchev–Trinajstić information content (AvgIpc) is 2.22. The third kappa shape index (κ3) is 10.4. The molecule has 0 spiro atoms. The van der Waals surface area contributed by atoms with Gasteiger partial charge in [0.05, 0.1) is 0 Å². The molecule has 0 bridgehead atoms. The van der Waals surface area contributed by atoms with Crippen LogP contribution in [0.2, 0.25) is 0 Å². The lowest BCUT2D eigenvalue weighted by Crippen LogP contribution is -2.47. The van der Waals surface area contributed by atoms with Gasteiger partial charge in [0.15, 0.2) is 0 Å². The zero-order valence-electron chi connectivity index (χ0n) is 15.2. The maximum absolute atomic E-state index is 12.1. The van der Waals surface area contributed by atoms with Crippen molar-refractivity contribution in [2.24, 2.45) is 5.92 Å². The molecule has 0 aromatic carbocycles. The van der Waals surface area contributed by atoms with Crippen molar-refractivity contribution in [3.05, 3.63) is 0 Å². The van der Waals surface area contributed by atoms with Gasteiger partial charge in [0.25, 0.3) is 0 Å². The van der Waals surface area contributed by atoms with Crippen LogP contribution in [0.4, 0.5) is 4.79 Å². The number of hydrogen-bond donors (Lipinski definition) is 2. The van der Waals surface area contributed by atoms with Gasteiger partial charge >= 0.3 is 12.1 Å². The van der Waals surface area contributed by atoms with E-state index in [1.165, 1.54) is 0 Å². The van der Waals surface area contributed by atoms with Crippen molar-refractivity contribution in [1.29, 1.82) is 0 Å². The van der Waals surface area contributed by atoms with Crippen LogP contribution in [0.3, 0.4) is 0 Å². The minimum atomic E-state index is -0.519. The topological polar surface area (TPSA) is 76.7 Å². The minimum Gasteiger partial charge on any atom is -0.459 e. The van der Waals surface area contributed by atoms with Crippen molar-refractivity contribution < 1.29 is 19.1 Å². The molecule has 130 valence electrons. The van der Waals surface area contributed by atoms with Crippen molar-refractivity contribution in [3.63, 3.8) is 0 Å². The van der Waals surface area contributed by atoms with Gasteiger partial charge in [-0.05, 0) is 47.5 Å². The van der Waals surface area contributed by atoms with E-state index in [2.05, 4.69) is 10.6 Å². The van der Waals surface area contributed by atoms with Crippen LogP contribution in [-0.4, -0.2) is 42.4 Å². The minimum absolute atomic E-state index is 0.0939. The van der Waals surface area contributed by atoms with Crippen molar-refractivity contribution in [1.82, 2.24) is 10.6 Å². The van der Waals surface area contributed by atoms with Crippen molar-refractivity contribution >= 4 is 12.1 Å². The molecule has 0 saturated heterocycles. The molecular formula is C16H32N2O4. The summed E-state index contributed by atoms with van der Waals surface area (Å²) in [5.41, 5.74) is -1.03. The summed E-state index contributed by atoms with van der Waals surface area (Å²) in [6, 6.07) is -0.403. The fourth-order valence-electron chi connectivity index (χ4n) is 1.66. The van der Waals surface area contributed by atoms with Crippen LogP contribution in [-0.2, 0) is 14.3 Å². The van der Waals surface area contributed by atoms with Crippen LogP contribution < -0.4 is 10.6 Å². The number of carbonyl (C=O) groups excluding carboxylic acids is 2. The van der Waals surface area contributed by atoms with Gasteiger partial charge in [-0.1, -0.05) is 13.8 Å². The predicted molar refractivity (Wildman–Crippen MR) is 86.7 cm³/mol. The molecule has 0 saturated carbocycles. The second-order valence-electron chi connectivity index (χ2n) is 7.64. The van der Waals surface area contributed by atoms with E-state index in [4.69, 9.17) is 9.47 Å². The SMILES string of the molecule is CC(C)[C@@H](NCCNC(=O)OC(C)(C)C)C(=O)OC(C)(C)C. The van der Waals surface area contributed by atoms with Crippen LogP contribution >= 0.6 is 0 Å². The van der Waals surface area contributed by atoms with Crippen molar-refractivity contribution in [3.8, 4) is 0 Å². The van der Waals surface area contributed by atoms with E-state index in [9.17, 15) is 9.59 Å². The van der Waals surface area contributed by atoms with Gasteiger partial charge in [0.1, 0.15) is 17.2 Å². The van der Waals surface area contributed by atoms with Crippen LogP contribution in [0.5, 0.6) is 0 Å². The molecule has 0 rings (SSSR count). The normalized spacial score (nSPS) is 13.7. The number of alkyl carbamates (subject to hydrolysis) is 1. The standard InChI is InChI=1S/C16H32N2O4/c1-11(2)12(13(19)21-15(3,4)5)17-9-10-18-14(20)22-16(6,7)8/h11-12,17H,9-10H2,1-8H3,(H,18,20)/t12-/m1/s1. The largest absolute Gasteiger partial charge is 0.459 e. The number of esters is 1. The molecular weight excluding hydrogens is 284 g/mol. The summed E-state index contributed by atoms with van der Waals surface area (Å²) in [5.74, 6) is -0.184. The van der Waals surface area contributed by atoms with E-state index in [-0.39, 0.29) is 11.9 Å². The lowest BCUT2D eigenvalue weighted by atomic mass is 10.0. The summed E-state index contributed by atoms with van der Waals surface area (Å²) in [4.78, 5) is 23.6. The van der Waals surface area contributed by atoms with Gasteiger partial charge in [-0.2, -0.15) is 0 Å². The summed E-state index contributed by atoms with van der Waals surface area (Å²) in [5, 5.41) is 5.76. The van der Waals surface area contributed by atoms with Crippen LogP contribution in [0.25, 0.3) is 0 Å². The Hall–Kier alpha value is -1.30. The van der Waals surface area contributed by atoms with Gasteiger partial charge in [0.2, 0.25) is 0 Å². The van der Waals surface area contributed by atoms with Crippen LogP contribution in [0.15, 0.2) is 0 Å². The van der Waals surface area contributed by atoms with Crippen LogP contribution in [0, 0.1) is 5.92 Å². The Morgan fingerprint density at radius 1 is 0.909 bits per heavy atom. The molecule has 0 fully saturated rings. The number of ether oxygens (including phenoxy) is 2. The van der Waals surface area contributed by atoms with Crippen molar-refractivity contribution in [2.45, 2.75) is 72.6 Å². The lowest BCUT2D eigenvalue weighted by Gasteiger charge is -2.26. The Balaban J connectivity index is 4.23. The Kier molecular flexibility index (Phi) is 7.87. The highest BCUT2D eigenvalue weighted by Gasteiger charge is 2.27. The van der Waals surface area contributed by atoms with Gasteiger partial charge < -0.3 is 20.1 Å². The summed E-state index contributed by atoms with van der Waals surface area (Å²) in [6.07, 6.45) is -0.465. The maximum atomic E-state index is 12.1. The first-order chi connectivity index (χ1) is 9.82. The van der Waals surface area contributed by atoms with Gasteiger partial charge in [0, 0.05) is 13.1 Å². The summed E-state index contributed by atoms with van der Waals surface area (Å²) >= 11 is 0. The first-order valence-corrected chi connectivity index (χ1v) is 7.75. The third-order valence-corrected chi connectivity index (χ3v) is 2.48. The molecule has 1 amide bonds. The Bertz CT molecular complexity index is 367. The molecule has 0 aliphatic rings. The van der Waals surface area contributed by atoms with E-state index >= 15 is 0 Å². The number of hydrogen-bond acceptors (Lipinski definition) is 5. The number of amides is 1. The molecule has 0 aromatic rings. The molecule has 2 N–H and O–H groups in total. The van der Waals surface area contributed by atoms with E-state index in [0.717, 1.165) is 0 Å². The van der Waals surface area contributed by atoms with Gasteiger partial charge in [-0.3, -0.25) is 4.79 Å². The lowest BCUT2D eigenvalue weighted by molar-refractivity contribution is -0.158. The molecule has 6 nitrogen and oxygen atoms in total. The smallest absolute Gasteiger partial charge is 0.407 e. The first kappa shape index (κ1) is 20.7. The zero-order chi connectivity index (χ0) is 17.6. The second kappa shape index (κ2) is 8.36. The molecule has 0 aliphatic heterocycles. The molecule has 0 aromatic heterocycles. The van der Waals surface area contributed by atoms with Gasteiger partial charge in [-0.25, -0.2) is 4.79 Å². The fraction of sp³-hybridized carbons (Fsp3) is 0.875. The summed E-state index contributed by atoms with van der Waals surface area (Å²) in [7, 11) is 0. The van der Waals surface area contributed by atoms with E-state index in [1.54, 1.807) is 0 Å². The molecule has 0 heterocycles. The highest BCUT2D eigenvalue weighted by molar-refractivity contribution is 5.76. The Labute approximate surface area is 134 Å². The number of rotatable bonds is 6. The van der Waals surface area contributed by atoms with E-state index in [1.807, 2.05) is 55.4 Å². The highest BCUT2D eigenvalue weighted by Crippen LogP contribution is 2.12. The summed E-state index contributed by atoms with van der Waals surface area (Å²) < 4.78 is 10.5. The molecule has 0 radical (unpaired) electrons. The second-order valence-corrected chi connectivity index (χ2v) is 7.64. The number of carbonyl (C=O) groups is 2. The number of nitrogens with one attached hydrogen (secondary N) is 2. The fourth-order valence-corrected chi connectivity index (χ4v) is 1.66. The Morgan fingerprint density at radius 3 is 1.82 bits per heavy atom. The zero-order valence-corrected chi connectivity index (χ0v) is 15.2. The predicted octanol–water partition coefficient (Wildman–Crippen LogP) is 2.47. The first-order valence-electron chi connectivity index (χ1n) is 7.75. The molecule has 1 atom stereocenters.